The number of halogens is 2. The lowest BCUT2D eigenvalue weighted by atomic mass is 9.87. The molecule has 0 bridgehead atoms. The fourth-order valence-corrected chi connectivity index (χ4v) is 3.91. The predicted molar refractivity (Wildman–Crippen MR) is 95.9 cm³/mol. The second-order valence-electron chi connectivity index (χ2n) is 7.92. The quantitative estimate of drug-likeness (QED) is 0.792. The van der Waals surface area contributed by atoms with Crippen LogP contribution in [-0.4, -0.2) is 45.7 Å². The van der Waals surface area contributed by atoms with Gasteiger partial charge in [-0.05, 0) is 26.0 Å². The average Bonchev–Trinajstić information content (AvgIpc) is 3.14. The average molecular weight is 389 g/mol. The van der Waals surface area contributed by atoms with Gasteiger partial charge >= 0.3 is 0 Å². The molecular weight excluding hydrogens is 368 g/mol. The molecule has 0 N–H and O–H groups in total. The summed E-state index contributed by atoms with van der Waals surface area (Å²) in [5, 5.41) is 0. The van der Waals surface area contributed by atoms with Gasteiger partial charge < -0.3 is 14.2 Å². The van der Waals surface area contributed by atoms with Crippen LogP contribution >= 0.6 is 0 Å². The third kappa shape index (κ3) is 2.96. The van der Waals surface area contributed by atoms with Crippen LogP contribution in [0.5, 0.6) is 0 Å². The van der Waals surface area contributed by atoms with Crippen molar-refractivity contribution in [2.24, 2.45) is 5.92 Å². The van der Waals surface area contributed by atoms with Gasteiger partial charge in [0.2, 0.25) is 17.7 Å². The number of likely N-dealkylation sites (tertiary alicyclic amines) is 1. The van der Waals surface area contributed by atoms with Gasteiger partial charge in [0, 0.05) is 43.6 Å². The molecule has 1 saturated heterocycles. The van der Waals surface area contributed by atoms with Crippen LogP contribution in [0.15, 0.2) is 22.6 Å². The van der Waals surface area contributed by atoms with E-state index in [0.29, 0.717) is 24.4 Å². The van der Waals surface area contributed by atoms with Crippen molar-refractivity contribution >= 4 is 11.8 Å². The van der Waals surface area contributed by atoms with Crippen molar-refractivity contribution in [3.05, 3.63) is 41.3 Å². The number of carbonyl (C=O) groups is 2. The zero-order chi connectivity index (χ0) is 20.2. The smallest absolute Gasteiger partial charge is 0.228 e. The van der Waals surface area contributed by atoms with E-state index in [9.17, 15) is 18.4 Å². The lowest BCUT2D eigenvalue weighted by molar-refractivity contribution is -0.138. The first-order valence-corrected chi connectivity index (χ1v) is 9.17. The van der Waals surface area contributed by atoms with Crippen LogP contribution in [0.4, 0.5) is 8.78 Å². The molecule has 0 aliphatic carbocycles. The number of aromatic nitrogens is 1. The Balaban J connectivity index is 1.56. The van der Waals surface area contributed by atoms with Gasteiger partial charge in [-0.2, -0.15) is 0 Å². The number of carbonyl (C=O) groups excluding carboxylic acids is 2. The summed E-state index contributed by atoms with van der Waals surface area (Å²) < 4.78 is 32.6. The molecule has 1 unspecified atom stereocenters. The first-order chi connectivity index (χ1) is 13.2. The Hall–Kier alpha value is -2.77. The van der Waals surface area contributed by atoms with E-state index in [4.69, 9.17) is 4.42 Å². The Labute approximate surface area is 161 Å². The first kappa shape index (κ1) is 18.6. The lowest BCUT2D eigenvalue weighted by Gasteiger charge is -2.36. The monoisotopic (exact) mass is 389 g/mol. The van der Waals surface area contributed by atoms with Gasteiger partial charge in [0.15, 0.2) is 0 Å². The van der Waals surface area contributed by atoms with Crippen LogP contribution in [0.1, 0.15) is 31.7 Å². The number of amides is 2. The zero-order valence-electron chi connectivity index (χ0n) is 16.0. The van der Waals surface area contributed by atoms with Gasteiger partial charge in [0.25, 0.3) is 0 Å². The van der Waals surface area contributed by atoms with Crippen LogP contribution < -0.4 is 0 Å². The predicted octanol–water partition coefficient (Wildman–Crippen LogP) is 2.76. The minimum Gasteiger partial charge on any atom is -0.441 e. The van der Waals surface area contributed by atoms with Crippen molar-refractivity contribution in [2.75, 3.05) is 13.6 Å². The normalized spacial score (nSPS) is 21.2. The van der Waals surface area contributed by atoms with Crippen LogP contribution in [0, 0.1) is 17.6 Å². The van der Waals surface area contributed by atoms with Crippen molar-refractivity contribution in [3.8, 4) is 11.5 Å². The summed E-state index contributed by atoms with van der Waals surface area (Å²) in [6, 6.07) is 3.10. The van der Waals surface area contributed by atoms with Crippen LogP contribution in [0.25, 0.3) is 11.5 Å². The van der Waals surface area contributed by atoms with Crippen molar-refractivity contribution in [3.63, 3.8) is 0 Å². The Bertz CT molecular complexity index is 949. The topological polar surface area (TPSA) is 66.7 Å². The molecule has 3 heterocycles. The summed E-state index contributed by atoms with van der Waals surface area (Å²) in [7, 11) is 1.71. The minimum absolute atomic E-state index is 0.0436. The fraction of sp³-hybridized carbons (Fsp3) is 0.450. The van der Waals surface area contributed by atoms with Crippen molar-refractivity contribution in [1.82, 2.24) is 14.8 Å². The third-order valence-electron chi connectivity index (χ3n) is 5.92. The van der Waals surface area contributed by atoms with Gasteiger partial charge in [0.1, 0.15) is 23.1 Å². The molecule has 1 atom stereocenters. The highest BCUT2D eigenvalue weighted by molar-refractivity contribution is 5.91. The molecule has 6 nitrogen and oxygen atoms in total. The molecule has 2 aliphatic heterocycles. The maximum absolute atomic E-state index is 13.5. The molecule has 0 spiro atoms. The number of benzene rings is 1. The summed E-state index contributed by atoms with van der Waals surface area (Å²) in [5.74, 6) is -1.22. The Morgan fingerprint density at radius 1 is 1.25 bits per heavy atom. The molecule has 1 aromatic carbocycles. The van der Waals surface area contributed by atoms with Gasteiger partial charge in [-0.3, -0.25) is 9.59 Å². The number of hydrogen-bond donors (Lipinski definition) is 0. The fourth-order valence-electron chi connectivity index (χ4n) is 3.91. The van der Waals surface area contributed by atoms with E-state index in [1.807, 2.05) is 13.8 Å². The molecule has 28 heavy (non-hydrogen) atoms. The highest BCUT2D eigenvalue weighted by Crippen LogP contribution is 2.36. The number of oxazole rings is 1. The molecule has 0 saturated carbocycles. The van der Waals surface area contributed by atoms with E-state index in [1.165, 1.54) is 0 Å². The summed E-state index contributed by atoms with van der Waals surface area (Å²) in [6.07, 6.45) is 0.654. The maximum atomic E-state index is 13.5. The molecule has 2 aromatic rings. The standard InChI is InChI=1S/C20H21F2N3O3/c1-20(2)14(9-17(26)24(20)3)19(27)25-5-4-16-15(10-25)23-18(28-16)11-6-12(21)8-13(22)7-11/h6-8,14H,4-5,9-10H2,1-3H3. The largest absolute Gasteiger partial charge is 0.441 e. The second kappa shape index (κ2) is 6.39. The summed E-state index contributed by atoms with van der Waals surface area (Å²) in [4.78, 5) is 32.8. The van der Waals surface area contributed by atoms with Crippen molar-refractivity contribution in [1.29, 1.82) is 0 Å². The molecule has 148 valence electrons. The number of nitrogens with zero attached hydrogens (tertiary/aromatic N) is 3. The molecule has 2 amide bonds. The maximum Gasteiger partial charge on any atom is 0.228 e. The summed E-state index contributed by atoms with van der Waals surface area (Å²) in [6.45, 7) is 4.48. The number of rotatable bonds is 2. The Morgan fingerprint density at radius 2 is 1.93 bits per heavy atom. The van der Waals surface area contributed by atoms with Crippen LogP contribution in [0.3, 0.4) is 0 Å². The molecular formula is C20H21F2N3O3. The summed E-state index contributed by atoms with van der Waals surface area (Å²) >= 11 is 0. The highest BCUT2D eigenvalue weighted by atomic mass is 19.1. The molecule has 2 aliphatic rings. The first-order valence-electron chi connectivity index (χ1n) is 9.17. The van der Waals surface area contributed by atoms with Gasteiger partial charge in [-0.1, -0.05) is 0 Å². The second-order valence-corrected chi connectivity index (χ2v) is 7.92. The van der Waals surface area contributed by atoms with Crippen LogP contribution in [0.2, 0.25) is 0 Å². The van der Waals surface area contributed by atoms with E-state index >= 15 is 0 Å². The molecule has 1 fully saturated rings. The highest BCUT2D eigenvalue weighted by Gasteiger charge is 2.49. The molecule has 1 aromatic heterocycles. The SMILES string of the molecule is CN1C(=O)CC(C(=O)N2CCc3oc(-c4cc(F)cc(F)c4)nc3C2)C1(C)C. The molecule has 4 rings (SSSR count). The number of hydrogen-bond acceptors (Lipinski definition) is 4. The minimum atomic E-state index is -0.708. The van der Waals surface area contributed by atoms with E-state index in [2.05, 4.69) is 4.98 Å². The van der Waals surface area contributed by atoms with E-state index in [-0.39, 0.29) is 36.2 Å². The van der Waals surface area contributed by atoms with E-state index in [0.717, 1.165) is 18.2 Å². The molecule has 0 radical (unpaired) electrons. The lowest BCUT2D eigenvalue weighted by Crippen LogP contribution is -2.49. The molecule has 8 heteroatoms. The van der Waals surface area contributed by atoms with E-state index < -0.39 is 23.1 Å². The van der Waals surface area contributed by atoms with Gasteiger partial charge in [-0.25, -0.2) is 13.8 Å². The Morgan fingerprint density at radius 3 is 2.54 bits per heavy atom. The third-order valence-corrected chi connectivity index (χ3v) is 5.92. The summed E-state index contributed by atoms with van der Waals surface area (Å²) in [5.41, 5.74) is 0.242. The van der Waals surface area contributed by atoms with Gasteiger partial charge in [0.05, 0.1) is 12.5 Å². The van der Waals surface area contributed by atoms with Crippen molar-refractivity contribution in [2.45, 2.75) is 38.8 Å². The van der Waals surface area contributed by atoms with Gasteiger partial charge in [-0.15, -0.1) is 0 Å². The zero-order valence-corrected chi connectivity index (χ0v) is 16.0. The van der Waals surface area contributed by atoms with E-state index in [1.54, 1.807) is 16.8 Å². The van der Waals surface area contributed by atoms with Crippen molar-refractivity contribution < 1.29 is 22.8 Å². The Kier molecular flexibility index (Phi) is 4.24. The number of fused-ring (bicyclic) bond motifs is 1. The van der Waals surface area contributed by atoms with Crippen LogP contribution in [-0.2, 0) is 22.6 Å².